The highest BCUT2D eigenvalue weighted by Crippen LogP contribution is 2.30. The van der Waals surface area contributed by atoms with Crippen LogP contribution < -0.4 is 10.1 Å². The summed E-state index contributed by atoms with van der Waals surface area (Å²) in [6.07, 6.45) is 0. The fourth-order valence-electron chi connectivity index (χ4n) is 1.44. The van der Waals surface area contributed by atoms with Crippen LogP contribution in [0.4, 0.5) is 0 Å². The topological polar surface area (TPSA) is 60.2 Å². The lowest BCUT2D eigenvalue weighted by atomic mass is 10.3. The van der Waals surface area contributed by atoms with Crippen molar-refractivity contribution in [2.45, 2.75) is 19.9 Å². The Bertz CT molecular complexity index is 481. The van der Waals surface area contributed by atoms with Crippen LogP contribution in [0.15, 0.2) is 15.9 Å². The molecule has 92 valence electrons. The molecule has 0 radical (unpaired) electrons. The van der Waals surface area contributed by atoms with Crippen LogP contribution in [-0.4, -0.2) is 23.9 Å². The third-order valence-electron chi connectivity index (χ3n) is 2.34. The lowest BCUT2D eigenvalue weighted by molar-refractivity contribution is 0.416. The second kappa shape index (κ2) is 5.29. The summed E-state index contributed by atoms with van der Waals surface area (Å²) in [6.45, 7) is 4.90. The van der Waals surface area contributed by atoms with Gasteiger partial charge in [0.25, 0.3) is 5.89 Å². The molecule has 0 amide bonds. The Kier molecular flexibility index (Phi) is 3.75. The molecule has 0 aliphatic carbocycles. The molecule has 0 aliphatic heterocycles. The van der Waals surface area contributed by atoms with Gasteiger partial charge in [-0.05, 0) is 13.5 Å². The summed E-state index contributed by atoms with van der Waals surface area (Å²) in [7, 11) is 1.64. The molecule has 0 spiro atoms. The predicted molar refractivity (Wildman–Crippen MR) is 66.3 cm³/mol. The number of methoxy groups -OCH3 is 1. The Hall–Kier alpha value is -1.40. The van der Waals surface area contributed by atoms with Crippen LogP contribution in [0.3, 0.4) is 0 Å². The van der Waals surface area contributed by atoms with Gasteiger partial charge in [0.15, 0.2) is 0 Å². The molecule has 0 bridgehead atoms. The van der Waals surface area contributed by atoms with Gasteiger partial charge in [-0.25, -0.2) is 0 Å². The Labute approximate surface area is 104 Å². The van der Waals surface area contributed by atoms with E-state index in [2.05, 4.69) is 15.5 Å². The Morgan fingerprint density at radius 1 is 1.53 bits per heavy atom. The van der Waals surface area contributed by atoms with Gasteiger partial charge in [0, 0.05) is 11.4 Å². The molecule has 1 atom stereocenters. The minimum Gasteiger partial charge on any atom is -0.496 e. The smallest absolute Gasteiger partial charge is 0.257 e. The highest BCUT2D eigenvalue weighted by atomic mass is 32.1. The van der Waals surface area contributed by atoms with E-state index in [1.165, 1.54) is 11.3 Å². The summed E-state index contributed by atoms with van der Waals surface area (Å²) in [5.74, 6) is 1.96. The van der Waals surface area contributed by atoms with Crippen molar-refractivity contribution in [3.8, 4) is 16.5 Å². The van der Waals surface area contributed by atoms with Crippen molar-refractivity contribution in [2.24, 2.45) is 0 Å². The molecule has 0 aromatic carbocycles. The summed E-state index contributed by atoms with van der Waals surface area (Å²) in [5, 5.41) is 13.2. The second-order valence-electron chi connectivity index (χ2n) is 3.58. The number of thiophene rings is 1. The van der Waals surface area contributed by atoms with E-state index in [9.17, 15) is 0 Å². The maximum absolute atomic E-state index is 5.61. The van der Waals surface area contributed by atoms with Gasteiger partial charge in [0.1, 0.15) is 5.75 Å². The van der Waals surface area contributed by atoms with Crippen molar-refractivity contribution in [3.05, 3.63) is 17.3 Å². The molecule has 0 fully saturated rings. The first-order valence-corrected chi connectivity index (χ1v) is 6.32. The Balaban J connectivity index is 2.17. The summed E-state index contributed by atoms with van der Waals surface area (Å²) in [4.78, 5) is 0.921. The summed E-state index contributed by atoms with van der Waals surface area (Å²) in [5.41, 5.74) is 0. The maximum Gasteiger partial charge on any atom is 0.257 e. The number of rotatable bonds is 5. The quantitative estimate of drug-likeness (QED) is 0.887. The standard InChI is InChI=1S/C11H15N3O2S/c1-4-12-7(2)10-13-14-11(16-10)9-5-8(15-3)6-17-9/h5-7,12H,4H2,1-3H3. The summed E-state index contributed by atoms with van der Waals surface area (Å²) >= 11 is 1.52. The minimum atomic E-state index is 0.0723. The van der Waals surface area contributed by atoms with Crippen molar-refractivity contribution >= 4 is 11.3 Å². The van der Waals surface area contributed by atoms with Crippen molar-refractivity contribution in [1.29, 1.82) is 0 Å². The highest BCUT2D eigenvalue weighted by molar-refractivity contribution is 7.13. The average molecular weight is 253 g/mol. The molecule has 2 rings (SSSR count). The highest BCUT2D eigenvalue weighted by Gasteiger charge is 2.15. The molecule has 0 aliphatic rings. The van der Waals surface area contributed by atoms with Crippen LogP contribution in [0.2, 0.25) is 0 Å². The predicted octanol–water partition coefficient (Wildman–Crippen LogP) is 2.48. The van der Waals surface area contributed by atoms with E-state index in [0.29, 0.717) is 11.8 Å². The zero-order chi connectivity index (χ0) is 12.3. The lowest BCUT2D eigenvalue weighted by Gasteiger charge is -2.05. The number of hydrogen-bond donors (Lipinski definition) is 1. The van der Waals surface area contributed by atoms with Crippen LogP contribution in [-0.2, 0) is 0 Å². The van der Waals surface area contributed by atoms with Crippen LogP contribution in [0.1, 0.15) is 25.8 Å². The fourth-order valence-corrected chi connectivity index (χ4v) is 2.22. The van der Waals surface area contributed by atoms with Crippen molar-refractivity contribution < 1.29 is 9.15 Å². The van der Waals surface area contributed by atoms with E-state index >= 15 is 0 Å². The maximum atomic E-state index is 5.61. The monoisotopic (exact) mass is 253 g/mol. The molecule has 6 heteroatoms. The van der Waals surface area contributed by atoms with Crippen LogP contribution in [0, 0.1) is 0 Å². The van der Waals surface area contributed by atoms with Crippen molar-refractivity contribution in [1.82, 2.24) is 15.5 Å². The van der Waals surface area contributed by atoms with Crippen molar-refractivity contribution in [3.63, 3.8) is 0 Å². The Morgan fingerprint density at radius 3 is 3.00 bits per heavy atom. The van der Waals surface area contributed by atoms with Gasteiger partial charge >= 0.3 is 0 Å². The Morgan fingerprint density at radius 2 is 2.35 bits per heavy atom. The molecule has 0 saturated heterocycles. The van der Waals surface area contributed by atoms with Crippen molar-refractivity contribution in [2.75, 3.05) is 13.7 Å². The van der Waals surface area contributed by atoms with E-state index in [4.69, 9.17) is 9.15 Å². The number of ether oxygens (including phenoxy) is 1. The molecular weight excluding hydrogens is 238 g/mol. The van der Waals surface area contributed by atoms with Crippen LogP contribution >= 0.6 is 11.3 Å². The average Bonchev–Trinajstić information content (AvgIpc) is 2.98. The third kappa shape index (κ3) is 2.65. The van der Waals surface area contributed by atoms with Crippen LogP contribution in [0.25, 0.3) is 10.8 Å². The van der Waals surface area contributed by atoms with Gasteiger partial charge in [-0.15, -0.1) is 21.5 Å². The van der Waals surface area contributed by atoms with Gasteiger partial charge in [-0.1, -0.05) is 6.92 Å². The molecule has 1 unspecified atom stereocenters. The van der Waals surface area contributed by atoms with Gasteiger partial charge in [0.05, 0.1) is 18.0 Å². The fraction of sp³-hybridized carbons (Fsp3) is 0.455. The van der Waals surface area contributed by atoms with Gasteiger partial charge in [-0.3, -0.25) is 0 Å². The zero-order valence-corrected chi connectivity index (χ0v) is 10.9. The van der Waals surface area contributed by atoms with E-state index in [1.54, 1.807) is 7.11 Å². The molecule has 2 aromatic rings. The first-order valence-electron chi connectivity index (χ1n) is 5.44. The minimum absolute atomic E-state index is 0.0723. The van der Waals surface area contributed by atoms with Gasteiger partial charge in [-0.2, -0.15) is 0 Å². The second-order valence-corrected chi connectivity index (χ2v) is 4.49. The first kappa shape index (κ1) is 12.1. The SMILES string of the molecule is CCNC(C)c1nnc(-c2cc(OC)cs2)o1. The van der Waals surface area contributed by atoms with E-state index in [1.807, 2.05) is 25.3 Å². The zero-order valence-electron chi connectivity index (χ0n) is 10.1. The molecular formula is C11H15N3O2S. The van der Waals surface area contributed by atoms with Crippen LogP contribution in [0.5, 0.6) is 5.75 Å². The molecule has 17 heavy (non-hydrogen) atoms. The number of nitrogens with one attached hydrogen (secondary N) is 1. The van der Waals surface area contributed by atoms with Gasteiger partial charge < -0.3 is 14.5 Å². The van der Waals surface area contributed by atoms with E-state index < -0.39 is 0 Å². The number of hydrogen-bond acceptors (Lipinski definition) is 6. The molecule has 2 aromatic heterocycles. The lowest BCUT2D eigenvalue weighted by Crippen LogP contribution is -2.17. The largest absolute Gasteiger partial charge is 0.496 e. The normalized spacial score (nSPS) is 12.6. The van der Waals surface area contributed by atoms with E-state index in [0.717, 1.165) is 17.2 Å². The number of nitrogens with zero attached hydrogens (tertiary/aromatic N) is 2. The molecule has 0 saturated carbocycles. The van der Waals surface area contributed by atoms with E-state index in [-0.39, 0.29) is 6.04 Å². The first-order chi connectivity index (χ1) is 8.24. The molecule has 5 nitrogen and oxygen atoms in total. The summed E-state index contributed by atoms with van der Waals surface area (Å²) in [6, 6.07) is 1.96. The molecule has 1 N–H and O–H groups in total. The number of aromatic nitrogens is 2. The molecule has 2 heterocycles. The van der Waals surface area contributed by atoms with Gasteiger partial charge in [0.2, 0.25) is 5.89 Å². The summed E-state index contributed by atoms with van der Waals surface area (Å²) < 4.78 is 10.7. The third-order valence-corrected chi connectivity index (χ3v) is 3.24.